The fourth-order valence-electron chi connectivity index (χ4n) is 3.74. The molecule has 0 aliphatic carbocycles. The minimum Gasteiger partial charge on any atom is -0.465 e. The largest absolute Gasteiger partial charge is 0.465 e. The first-order valence-electron chi connectivity index (χ1n) is 10.8. The molecular formula is C27H23N3O5. The second-order valence-corrected chi connectivity index (χ2v) is 7.65. The first kappa shape index (κ1) is 23.4. The minimum atomic E-state index is -0.622. The third kappa shape index (κ3) is 4.81. The van der Waals surface area contributed by atoms with Crippen molar-refractivity contribution >= 4 is 23.3 Å². The topological polar surface area (TPSA) is 103 Å². The lowest BCUT2D eigenvalue weighted by Crippen LogP contribution is -2.19. The highest BCUT2D eigenvalue weighted by atomic mass is 16.5. The molecule has 0 aliphatic heterocycles. The number of nitrogens with one attached hydrogen (secondary N) is 1. The minimum absolute atomic E-state index is 0.140. The predicted octanol–water partition coefficient (Wildman–Crippen LogP) is 4.55. The number of methoxy groups -OCH3 is 2. The van der Waals surface area contributed by atoms with Crippen LogP contribution in [0.2, 0.25) is 0 Å². The van der Waals surface area contributed by atoms with E-state index in [1.807, 2.05) is 60.7 Å². The van der Waals surface area contributed by atoms with Gasteiger partial charge in [0.2, 0.25) is 0 Å². The molecule has 4 aromatic rings. The number of ether oxygens (including phenoxy) is 2. The van der Waals surface area contributed by atoms with Crippen LogP contribution < -0.4 is 5.56 Å². The molecule has 0 fully saturated rings. The number of benzene rings is 3. The summed E-state index contributed by atoms with van der Waals surface area (Å²) in [5.41, 5.74) is 3.14. The van der Waals surface area contributed by atoms with Crippen LogP contribution in [0.25, 0.3) is 16.9 Å². The summed E-state index contributed by atoms with van der Waals surface area (Å²) in [5.74, 6) is -1.24. The second kappa shape index (κ2) is 10.0. The first-order valence-corrected chi connectivity index (χ1v) is 10.8. The second-order valence-electron chi connectivity index (χ2n) is 7.65. The average molecular weight is 469 g/mol. The summed E-state index contributed by atoms with van der Waals surface area (Å²) in [5, 5.41) is 3.20. The van der Waals surface area contributed by atoms with E-state index in [1.54, 1.807) is 6.92 Å². The number of hydrogen-bond donors (Lipinski definition) is 1. The molecule has 8 heteroatoms. The highest BCUT2D eigenvalue weighted by molar-refractivity contribution is 6.05. The van der Waals surface area contributed by atoms with Gasteiger partial charge in [-0.25, -0.2) is 14.3 Å². The van der Waals surface area contributed by atoms with Crippen LogP contribution in [0.4, 0.5) is 5.69 Å². The number of hydrogen-bond acceptors (Lipinski definition) is 6. The monoisotopic (exact) mass is 469 g/mol. The standard InChI is InChI=1S/C27H23N3O5/c1-17(28-21-15-19(26(32)34-2)14-20(16-21)27(33)35-3)23-24(18-10-6-4-7-11-18)29-30(25(23)31)22-12-8-5-9-13-22/h4-16,29H,1-3H3. The molecule has 0 atom stereocenters. The quantitative estimate of drug-likeness (QED) is 0.330. The molecule has 35 heavy (non-hydrogen) atoms. The molecule has 0 aliphatic rings. The van der Waals surface area contributed by atoms with E-state index in [1.165, 1.54) is 37.1 Å². The van der Waals surface area contributed by atoms with Gasteiger partial charge in [-0.1, -0.05) is 48.5 Å². The fourth-order valence-corrected chi connectivity index (χ4v) is 3.74. The molecule has 1 heterocycles. The van der Waals surface area contributed by atoms with Crippen LogP contribution in [0, 0.1) is 0 Å². The van der Waals surface area contributed by atoms with E-state index in [2.05, 4.69) is 10.1 Å². The lowest BCUT2D eigenvalue weighted by atomic mass is 10.0. The van der Waals surface area contributed by atoms with Crippen LogP contribution in [-0.2, 0) is 9.47 Å². The summed E-state index contributed by atoms with van der Waals surface area (Å²) in [4.78, 5) is 42.5. The van der Waals surface area contributed by atoms with Crippen LogP contribution in [-0.4, -0.2) is 41.7 Å². The molecule has 0 saturated carbocycles. The average Bonchev–Trinajstić information content (AvgIpc) is 3.25. The molecule has 1 N–H and O–H groups in total. The zero-order valence-electron chi connectivity index (χ0n) is 19.4. The molecule has 0 unspecified atom stereocenters. The summed E-state index contributed by atoms with van der Waals surface area (Å²) >= 11 is 0. The van der Waals surface area contributed by atoms with E-state index in [0.717, 1.165) is 5.56 Å². The predicted molar refractivity (Wildman–Crippen MR) is 133 cm³/mol. The number of H-pyrrole nitrogens is 1. The van der Waals surface area contributed by atoms with Crippen molar-refractivity contribution in [3.63, 3.8) is 0 Å². The molecular weight excluding hydrogens is 446 g/mol. The molecule has 4 rings (SSSR count). The molecule has 176 valence electrons. The van der Waals surface area contributed by atoms with Crippen molar-refractivity contribution in [3.05, 3.63) is 106 Å². The Morgan fingerprint density at radius 2 is 1.37 bits per heavy atom. The Balaban J connectivity index is 1.91. The van der Waals surface area contributed by atoms with Crippen molar-refractivity contribution in [3.8, 4) is 16.9 Å². The van der Waals surface area contributed by atoms with Crippen molar-refractivity contribution in [1.29, 1.82) is 0 Å². The van der Waals surface area contributed by atoms with Crippen LogP contribution in [0.15, 0.2) is 88.6 Å². The number of rotatable bonds is 6. The Kier molecular flexibility index (Phi) is 6.73. The van der Waals surface area contributed by atoms with Crippen LogP contribution in [0.1, 0.15) is 33.2 Å². The SMILES string of the molecule is COC(=O)c1cc(N=C(C)c2c(-c3ccccc3)[nH]n(-c3ccccc3)c2=O)cc(C(=O)OC)c1. The molecule has 8 nitrogen and oxygen atoms in total. The third-order valence-electron chi connectivity index (χ3n) is 5.39. The third-order valence-corrected chi connectivity index (χ3v) is 5.39. The Morgan fingerprint density at radius 1 is 0.829 bits per heavy atom. The summed E-state index contributed by atoms with van der Waals surface area (Å²) in [6.07, 6.45) is 0. The van der Waals surface area contributed by atoms with Crippen molar-refractivity contribution in [2.75, 3.05) is 14.2 Å². The zero-order chi connectivity index (χ0) is 24.9. The van der Waals surface area contributed by atoms with Gasteiger partial charge >= 0.3 is 11.9 Å². The normalized spacial score (nSPS) is 11.2. The Bertz CT molecular complexity index is 1430. The number of para-hydroxylation sites is 1. The van der Waals surface area contributed by atoms with Crippen molar-refractivity contribution in [2.24, 2.45) is 4.99 Å². The molecule has 0 radical (unpaired) electrons. The summed E-state index contributed by atoms with van der Waals surface area (Å²) in [6, 6.07) is 23.0. The molecule has 0 bridgehead atoms. The lowest BCUT2D eigenvalue weighted by molar-refractivity contribution is 0.0599. The number of esters is 2. The molecule has 0 saturated heterocycles. The number of carbonyl (C=O) groups excluding carboxylic acids is 2. The van der Waals surface area contributed by atoms with E-state index in [9.17, 15) is 14.4 Å². The van der Waals surface area contributed by atoms with E-state index < -0.39 is 11.9 Å². The maximum Gasteiger partial charge on any atom is 0.337 e. The van der Waals surface area contributed by atoms with Crippen LogP contribution in [0.5, 0.6) is 0 Å². The van der Waals surface area contributed by atoms with Gasteiger partial charge in [0.25, 0.3) is 5.56 Å². The van der Waals surface area contributed by atoms with Crippen LogP contribution >= 0.6 is 0 Å². The lowest BCUT2D eigenvalue weighted by Gasteiger charge is -2.07. The van der Waals surface area contributed by atoms with Gasteiger partial charge < -0.3 is 9.47 Å². The van der Waals surface area contributed by atoms with Crippen LogP contribution in [0.3, 0.4) is 0 Å². The number of nitrogens with zero attached hydrogens (tertiary/aromatic N) is 2. The Labute approximate surface area is 201 Å². The highest BCUT2D eigenvalue weighted by Crippen LogP contribution is 2.25. The number of aromatic amines is 1. The smallest absolute Gasteiger partial charge is 0.337 e. The van der Waals surface area contributed by atoms with Gasteiger partial charge in [-0.15, -0.1) is 0 Å². The molecule has 0 spiro atoms. The maximum atomic E-state index is 13.5. The maximum absolute atomic E-state index is 13.5. The summed E-state index contributed by atoms with van der Waals surface area (Å²) in [6.45, 7) is 1.70. The van der Waals surface area contributed by atoms with Gasteiger partial charge in [0, 0.05) is 5.56 Å². The molecule has 3 aromatic carbocycles. The van der Waals surface area contributed by atoms with Gasteiger partial charge in [0.1, 0.15) is 0 Å². The molecule has 0 amide bonds. The molecule has 1 aromatic heterocycles. The zero-order valence-corrected chi connectivity index (χ0v) is 19.4. The van der Waals surface area contributed by atoms with Crippen molar-refractivity contribution < 1.29 is 19.1 Å². The Morgan fingerprint density at radius 3 is 1.91 bits per heavy atom. The van der Waals surface area contributed by atoms with Crippen molar-refractivity contribution in [1.82, 2.24) is 9.78 Å². The fraction of sp³-hybridized carbons (Fsp3) is 0.111. The number of aliphatic imine (C=N–C) groups is 1. The highest BCUT2D eigenvalue weighted by Gasteiger charge is 2.20. The number of carbonyl (C=O) groups is 2. The number of aromatic nitrogens is 2. The van der Waals surface area contributed by atoms with Crippen molar-refractivity contribution in [2.45, 2.75) is 6.92 Å². The van der Waals surface area contributed by atoms with Gasteiger partial charge in [-0.2, -0.15) is 0 Å². The van der Waals surface area contributed by atoms with Gasteiger partial charge in [-0.3, -0.25) is 14.9 Å². The van der Waals surface area contributed by atoms with E-state index >= 15 is 0 Å². The van der Waals surface area contributed by atoms with E-state index in [0.29, 0.717) is 28.3 Å². The van der Waals surface area contributed by atoms with Gasteiger partial charge in [-0.05, 0) is 37.3 Å². The van der Waals surface area contributed by atoms with E-state index in [-0.39, 0.29) is 16.7 Å². The summed E-state index contributed by atoms with van der Waals surface area (Å²) < 4.78 is 11.1. The van der Waals surface area contributed by atoms with Gasteiger partial charge in [0.15, 0.2) is 0 Å². The Hall–Kier alpha value is -4.72. The first-order chi connectivity index (χ1) is 16.9. The van der Waals surface area contributed by atoms with Gasteiger partial charge in [0.05, 0.1) is 53.7 Å². The van der Waals surface area contributed by atoms with E-state index in [4.69, 9.17) is 9.47 Å². The summed E-state index contributed by atoms with van der Waals surface area (Å²) in [7, 11) is 2.50.